The van der Waals surface area contributed by atoms with E-state index >= 15 is 0 Å². The first-order valence-corrected chi connectivity index (χ1v) is 5.90. The lowest BCUT2D eigenvalue weighted by atomic mass is 10.1. The van der Waals surface area contributed by atoms with Gasteiger partial charge in [0, 0.05) is 0 Å². The Morgan fingerprint density at radius 3 is 2.39 bits per heavy atom. The average molecular weight is 248 g/mol. The lowest BCUT2D eigenvalue weighted by Crippen LogP contribution is -2.22. The van der Waals surface area contributed by atoms with Gasteiger partial charge in [-0.3, -0.25) is 10.1 Å². The molecule has 0 aromatic heterocycles. The second kappa shape index (κ2) is 5.08. The highest BCUT2D eigenvalue weighted by atomic mass is 16.5. The maximum Gasteiger partial charge on any atom is 0.322 e. The number of imide groups is 1. The monoisotopic (exact) mass is 248 g/mol. The van der Waals surface area contributed by atoms with Gasteiger partial charge in [-0.25, -0.2) is 4.79 Å². The topological polar surface area (TPSA) is 67.4 Å². The maximum atomic E-state index is 11.5. The van der Waals surface area contributed by atoms with E-state index in [0.717, 1.165) is 11.3 Å². The number of hydrogen-bond donors (Lipinski definition) is 2. The van der Waals surface area contributed by atoms with Crippen LogP contribution in [0.5, 0.6) is 5.75 Å². The average Bonchev–Trinajstić information content (AvgIpc) is 2.66. The van der Waals surface area contributed by atoms with Gasteiger partial charge < -0.3 is 10.1 Å². The predicted molar refractivity (Wildman–Crippen MR) is 66.2 cm³/mol. The van der Waals surface area contributed by atoms with E-state index in [-0.39, 0.29) is 5.91 Å². The van der Waals surface area contributed by atoms with E-state index < -0.39 is 12.1 Å². The minimum atomic E-state index is -0.600. The molecule has 0 spiro atoms. The molecule has 0 bridgehead atoms. The van der Waals surface area contributed by atoms with Crippen molar-refractivity contribution in [2.75, 3.05) is 6.61 Å². The van der Waals surface area contributed by atoms with E-state index in [0.29, 0.717) is 12.5 Å². The summed E-state index contributed by atoms with van der Waals surface area (Å²) in [5.74, 6) is 0.901. The molecule has 2 N–H and O–H groups in total. The molecule has 3 amide bonds. The molecular formula is C13H16N2O3. The van der Waals surface area contributed by atoms with Gasteiger partial charge in [0.1, 0.15) is 11.8 Å². The number of urea groups is 1. The van der Waals surface area contributed by atoms with Crippen LogP contribution in [0.25, 0.3) is 0 Å². The molecule has 1 aliphatic rings. The summed E-state index contributed by atoms with van der Waals surface area (Å²) >= 11 is 0. The smallest absolute Gasteiger partial charge is 0.322 e. The van der Waals surface area contributed by atoms with Gasteiger partial charge in [0.25, 0.3) is 5.91 Å². The summed E-state index contributed by atoms with van der Waals surface area (Å²) in [7, 11) is 0. The molecule has 1 fully saturated rings. The molecule has 1 aromatic carbocycles. The van der Waals surface area contributed by atoms with E-state index in [1.165, 1.54) is 0 Å². The third kappa shape index (κ3) is 2.80. The molecule has 0 unspecified atom stereocenters. The molecule has 18 heavy (non-hydrogen) atoms. The number of hydrogen-bond acceptors (Lipinski definition) is 3. The highest BCUT2D eigenvalue weighted by Gasteiger charge is 2.30. The Labute approximate surface area is 106 Å². The molecule has 1 atom stereocenters. The van der Waals surface area contributed by atoms with E-state index in [4.69, 9.17) is 4.74 Å². The van der Waals surface area contributed by atoms with Crippen molar-refractivity contribution in [3.8, 4) is 5.75 Å². The summed E-state index contributed by atoms with van der Waals surface area (Å²) in [6.07, 6.45) is 0. The second-order valence-corrected chi connectivity index (χ2v) is 4.67. The summed E-state index contributed by atoms with van der Waals surface area (Å²) in [4.78, 5) is 22.5. The van der Waals surface area contributed by atoms with Crippen LogP contribution in [0, 0.1) is 5.92 Å². The van der Waals surface area contributed by atoms with Crippen molar-refractivity contribution < 1.29 is 14.3 Å². The molecule has 96 valence electrons. The first kappa shape index (κ1) is 12.4. The molecule has 5 nitrogen and oxygen atoms in total. The van der Waals surface area contributed by atoms with Gasteiger partial charge in [0.2, 0.25) is 0 Å². The van der Waals surface area contributed by atoms with E-state index in [1.807, 2.05) is 0 Å². The van der Waals surface area contributed by atoms with Gasteiger partial charge in [0.15, 0.2) is 0 Å². The van der Waals surface area contributed by atoms with Crippen molar-refractivity contribution in [3.63, 3.8) is 0 Å². The van der Waals surface area contributed by atoms with Gasteiger partial charge in [-0.2, -0.15) is 0 Å². The van der Waals surface area contributed by atoms with Crippen molar-refractivity contribution in [3.05, 3.63) is 29.8 Å². The van der Waals surface area contributed by atoms with E-state index in [1.54, 1.807) is 24.3 Å². The van der Waals surface area contributed by atoms with Crippen LogP contribution in [0.4, 0.5) is 4.79 Å². The largest absolute Gasteiger partial charge is 0.493 e. The molecule has 1 aliphatic heterocycles. The molecule has 0 saturated carbocycles. The fourth-order valence-electron chi connectivity index (χ4n) is 1.67. The van der Waals surface area contributed by atoms with Gasteiger partial charge in [-0.1, -0.05) is 26.0 Å². The second-order valence-electron chi connectivity index (χ2n) is 4.67. The van der Waals surface area contributed by atoms with Crippen LogP contribution in [0.3, 0.4) is 0 Å². The number of carbonyl (C=O) groups is 2. The van der Waals surface area contributed by atoms with Gasteiger partial charge >= 0.3 is 6.03 Å². The zero-order valence-electron chi connectivity index (χ0n) is 10.4. The minimum absolute atomic E-state index is 0.323. The summed E-state index contributed by atoms with van der Waals surface area (Å²) in [5, 5.41) is 4.75. The van der Waals surface area contributed by atoms with Crippen molar-refractivity contribution in [1.29, 1.82) is 0 Å². The quantitative estimate of drug-likeness (QED) is 0.795. The number of amides is 3. The third-order valence-electron chi connectivity index (χ3n) is 2.57. The Morgan fingerprint density at radius 2 is 1.89 bits per heavy atom. The van der Waals surface area contributed by atoms with Crippen LogP contribution in [-0.2, 0) is 4.79 Å². The normalized spacial score (nSPS) is 18.7. The molecule has 1 aromatic rings. The molecular weight excluding hydrogens is 232 g/mol. The number of ether oxygens (including phenoxy) is 1. The Hall–Kier alpha value is -2.04. The Kier molecular flexibility index (Phi) is 3.50. The number of benzene rings is 1. The fourth-order valence-corrected chi connectivity index (χ4v) is 1.67. The van der Waals surface area contributed by atoms with Crippen molar-refractivity contribution in [2.24, 2.45) is 5.92 Å². The van der Waals surface area contributed by atoms with Crippen LogP contribution in [0.15, 0.2) is 24.3 Å². The number of rotatable bonds is 4. The number of nitrogens with one attached hydrogen (secondary N) is 2. The van der Waals surface area contributed by atoms with Crippen molar-refractivity contribution >= 4 is 11.9 Å². The standard InChI is InChI=1S/C13H16N2O3/c1-8(2)7-18-10-5-3-9(4-6-10)11-12(16)15-13(17)14-11/h3-6,8,11H,7H2,1-2H3,(H2,14,15,16,17)/t11-/m0/s1. The predicted octanol–water partition coefficient (Wildman–Crippen LogP) is 1.60. The van der Waals surface area contributed by atoms with Crippen molar-refractivity contribution in [1.82, 2.24) is 10.6 Å². The SMILES string of the molecule is CC(C)COc1ccc([C@@H]2NC(=O)NC2=O)cc1. The van der Waals surface area contributed by atoms with Crippen LogP contribution in [-0.4, -0.2) is 18.5 Å². The summed E-state index contributed by atoms with van der Waals surface area (Å²) in [6.45, 7) is 4.81. The first-order valence-electron chi connectivity index (χ1n) is 5.90. The molecule has 2 rings (SSSR count). The Balaban J connectivity index is 2.03. The third-order valence-corrected chi connectivity index (χ3v) is 2.57. The molecule has 1 saturated heterocycles. The maximum absolute atomic E-state index is 11.5. The minimum Gasteiger partial charge on any atom is -0.493 e. The Bertz CT molecular complexity index is 454. The Morgan fingerprint density at radius 1 is 1.22 bits per heavy atom. The van der Waals surface area contributed by atoms with Crippen LogP contribution in [0.2, 0.25) is 0 Å². The zero-order valence-corrected chi connectivity index (χ0v) is 10.4. The zero-order chi connectivity index (χ0) is 13.1. The summed E-state index contributed by atoms with van der Waals surface area (Å²) < 4.78 is 5.55. The van der Waals surface area contributed by atoms with Crippen LogP contribution in [0.1, 0.15) is 25.5 Å². The van der Waals surface area contributed by atoms with E-state index in [2.05, 4.69) is 24.5 Å². The van der Waals surface area contributed by atoms with Crippen LogP contribution < -0.4 is 15.4 Å². The van der Waals surface area contributed by atoms with Gasteiger partial charge in [-0.05, 0) is 23.6 Å². The molecule has 1 heterocycles. The highest BCUT2D eigenvalue weighted by Crippen LogP contribution is 2.20. The van der Waals surface area contributed by atoms with Crippen LogP contribution >= 0.6 is 0 Å². The molecule has 5 heteroatoms. The molecule has 0 radical (unpaired) electrons. The highest BCUT2D eigenvalue weighted by molar-refractivity contribution is 6.04. The van der Waals surface area contributed by atoms with E-state index in [9.17, 15) is 9.59 Å². The van der Waals surface area contributed by atoms with Gasteiger partial charge in [-0.15, -0.1) is 0 Å². The summed E-state index contributed by atoms with van der Waals surface area (Å²) in [5.41, 5.74) is 0.746. The lowest BCUT2D eigenvalue weighted by molar-refractivity contribution is -0.120. The lowest BCUT2D eigenvalue weighted by Gasteiger charge is -2.11. The summed E-state index contributed by atoms with van der Waals surface area (Å²) in [6, 6.07) is 6.11. The first-order chi connectivity index (χ1) is 8.56. The number of carbonyl (C=O) groups excluding carboxylic acids is 2. The van der Waals surface area contributed by atoms with Gasteiger partial charge in [0.05, 0.1) is 6.61 Å². The fraction of sp³-hybridized carbons (Fsp3) is 0.385. The molecule has 0 aliphatic carbocycles. The van der Waals surface area contributed by atoms with Crippen molar-refractivity contribution in [2.45, 2.75) is 19.9 Å².